The van der Waals surface area contributed by atoms with Crippen LogP contribution in [0, 0.1) is 0 Å². The molecule has 0 amide bonds. The van der Waals surface area contributed by atoms with E-state index in [2.05, 4.69) is 79.3 Å². The average Bonchev–Trinajstić information content (AvgIpc) is 2.93. The summed E-state index contributed by atoms with van der Waals surface area (Å²) in [6.45, 7) is 17.9. The highest BCUT2D eigenvalue weighted by atomic mass is 16.6. The lowest BCUT2D eigenvalue weighted by Crippen LogP contribution is -2.48. The Morgan fingerprint density at radius 3 is 2.46 bits per heavy atom. The van der Waals surface area contributed by atoms with Gasteiger partial charge in [-0.15, -0.1) is 0 Å². The number of piperidine rings is 1. The molecule has 0 aliphatic carbocycles. The van der Waals surface area contributed by atoms with E-state index in [4.69, 9.17) is 14.2 Å². The Morgan fingerprint density at radius 2 is 1.87 bits per heavy atom. The quantitative estimate of drug-likeness (QED) is 0.134. The fourth-order valence-corrected chi connectivity index (χ4v) is 4.61. The number of carbonyl (C=O) groups excluding carboxylic acids is 1. The van der Waals surface area contributed by atoms with E-state index >= 15 is 0 Å². The summed E-state index contributed by atoms with van der Waals surface area (Å²) in [7, 11) is 4.58. The molecule has 1 aromatic rings. The molecule has 1 aliphatic rings. The highest BCUT2D eigenvalue weighted by molar-refractivity contribution is 5.72. The Bertz CT molecular complexity index is 869. The first-order valence-electron chi connectivity index (χ1n) is 14.1. The molecular formula is C32H53N3O4. The lowest BCUT2D eigenvalue weighted by atomic mass is 10.0. The van der Waals surface area contributed by atoms with Crippen LogP contribution in [0.4, 0.5) is 0 Å². The van der Waals surface area contributed by atoms with Gasteiger partial charge in [0.25, 0.3) is 0 Å². The van der Waals surface area contributed by atoms with Gasteiger partial charge in [-0.3, -0.25) is 4.79 Å². The summed E-state index contributed by atoms with van der Waals surface area (Å²) in [6.07, 6.45) is 7.78. The minimum atomic E-state index is -0.421. The van der Waals surface area contributed by atoms with Gasteiger partial charge in [0, 0.05) is 39.4 Å². The fraction of sp³-hybridized carbons (Fsp3) is 0.594. The predicted molar refractivity (Wildman–Crippen MR) is 163 cm³/mol. The molecule has 7 heteroatoms. The molecule has 0 spiro atoms. The van der Waals surface area contributed by atoms with Crippen molar-refractivity contribution in [2.24, 2.45) is 0 Å². The SMILES string of the molecule is C/C(=C\c1ccccc1)CNCCCN1CCCC(NC(C)C)C1.C=C(OC)C(OC)C(/C=C(\C)C=O)OC. The number of rotatable bonds is 16. The van der Waals surface area contributed by atoms with Crippen LogP contribution in [0.15, 0.2) is 59.9 Å². The normalized spacial score (nSPS) is 18.2. The first kappa shape index (κ1) is 34.7. The lowest BCUT2D eigenvalue weighted by molar-refractivity contribution is -0.105. The van der Waals surface area contributed by atoms with Gasteiger partial charge >= 0.3 is 0 Å². The molecule has 2 N–H and O–H groups in total. The van der Waals surface area contributed by atoms with Gasteiger partial charge < -0.3 is 29.7 Å². The molecule has 0 saturated carbocycles. The van der Waals surface area contributed by atoms with Crippen LogP contribution in [0.2, 0.25) is 0 Å². The number of allylic oxidation sites excluding steroid dienone is 1. The van der Waals surface area contributed by atoms with Crippen LogP contribution in [0.5, 0.6) is 0 Å². The van der Waals surface area contributed by atoms with Gasteiger partial charge in [0.1, 0.15) is 24.3 Å². The van der Waals surface area contributed by atoms with Gasteiger partial charge in [0.2, 0.25) is 0 Å². The van der Waals surface area contributed by atoms with Gasteiger partial charge in [-0.25, -0.2) is 0 Å². The Balaban J connectivity index is 0.000000439. The van der Waals surface area contributed by atoms with Crippen molar-refractivity contribution < 1.29 is 19.0 Å². The molecule has 39 heavy (non-hydrogen) atoms. The second kappa shape index (κ2) is 20.6. The maximum absolute atomic E-state index is 10.5. The van der Waals surface area contributed by atoms with E-state index in [1.54, 1.807) is 13.0 Å². The molecule has 3 atom stereocenters. The van der Waals surface area contributed by atoms with Crippen molar-refractivity contribution in [3.05, 3.63) is 65.5 Å². The summed E-state index contributed by atoms with van der Waals surface area (Å²) in [5, 5.41) is 7.26. The Kier molecular flexibility index (Phi) is 18.3. The Hall–Kier alpha value is -2.29. The third-order valence-electron chi connectivity index (χ3n) is 6.54. The third-order valence-corrected chi connectivity index (χ3v) is 6.54. The third kappa shape index (κ3) is 15.2. The van der Waals surface area contributed by atoms with Crippen LogP contribution in [-0.4, -0.2) is 89.5 Å². The lowest BCUT2D eigenvalue weighted by Gasteiger charge is -2.34. The summed E-state index contributed by atoms with van der Waals surface area (Å²) in [6, 6.07) is 11.8. The Labute approximate surface area is 237 Å². The number of hydrogen-bond donors (Lipinski definition) is 2. The van der Waals surface area contributed by atoms with Crippen LogP contribution in [0.25, 0.3) is 6.08 Å². The van der Waals surface area contributed by atoms with Crippen molar-refractivity contribution in [2.45, 2.75) is 71.2 Å². The molecule has 1 heterocycles. The standard InChI is InChI=1S/C21H35N3.C11H18O4/c1-18(2)23-21-11-7-13-24(17-21)14-8-12-22-16-19(3)15-20-9-5-4-6-10-20;1-8(7-12)6-10(14-4)11(15-5)9(2)13-3/h4-6,9-10,15,18,21-23H,7-8,11-14,16-17H2,1-3H3;6-7,10-11H,2H2,1,3-5H3/b19-15+;8-6+. The van der Waals surface area contributed by atoms with Crippen molar-refractivity contribution in [3.8, 4) is 0 Å². The van der Waals surface area contributed by atoms with Gasteiger partial charge in [-0.1, -0.05) is 62.4 Å². The molecule has 1 saturated heterocycles. The molecular weight excluding hydrogens is 490 g/mol. The summed E-state index contributed by atoms with van der Waals surface area (Å²) in [5.74, 6) is 0.458. The summed E-state index contributed by atoms with van der Waals surface area (Å²) < 4.78 is 15.4. The van der Waals surface area contributed by atoms with Crippen LogP contribution in [-0.2, 0) is 19.0 Å². The van der Waals surface area contributed by atoms with E-state index in [-0.39, 0.29) is 6.10 Å². The van der Waals surface area contributed by atoms with E-state index in [1.807, 2.05) is 0 Å². The van der Waals surface area contributed by atoms with Crippen LogP contribution in [0.1, 0.15) is 52.5 Å². The van der Waals surface area contributed by atoms with Crippen molar-refractivity contribution in [1.82, 2.24) is 15.5 Å². The van der Waals surface area contributed by atoms with Gasteiger partial charge in [0.05, 0.1) is 7.11 Å². The predicted octanol–water partition coefficient (Wildman–Crippen LogP) is 4.85. The summed E-state index contributed by atoms with van der Waals surface area (Å²) >= 11 is 0. The fourth-order valence-electron chi connectivity index (χ4n) is 4.61. The minimum Gasteiger partial charge on any atom is -0.499 e. The second-order valence-corrected chi connectivity index (χ2v) is 10.4. The zero-order valence-corrected chi connectivity index (χ0v) is 25.4. The molecule has 0 aromatic heterocycles. The van der Waals surface area contributed by atoms with Crippen LogP contribution >= 0.6 is 0 Å². The first-order chi connectivity index (χ1) is 18.7. The molecule has 220 valence electrons. The smallest absolute Gasteiger partial charge is 0.145 e. The van der Waals surface area contributed by atoms with Crippen LogP contribution in [0.3, 0.4) is 0 Å². The maximum atomic E-state index is 10.5. The monoisotopic (exact) mass is 543 g/mol. The Morgan fingerprint density at radius 1 is 1.15 bits per heavy atom. The molecule has 1 fully saturated rings. The van der Waals surface area contributed by atoms with Crippen molar-refractivity contribution in [2.75, 3.05) is 54.1 Å². The first-order valence-corrected chi connectivity index (χ1v) is 14.1. The van der Waals surface area contributed by atoms with Gasteiger partial charge in [-0.05, 0) is 70.0 Å². The number of nitrogens with one attached hydrogen (secondary N) is 2. The highest BCUT2D eigenvalue weighted by Crippen LogP contribution is 2.14. The summed E-state index contributed by atoms with van der Waals surface area (Å²) in [5.41, 5.74) is 3.25. The topological polar surface area (TPSA) is 72.1 Å². The number of hydrogen-bond acceptors (Lipinski definition) is 7. The molecule has 0 bridgehead atoms. The second-order valence-electron chi connectivity index (χ2n) is 10.4. The number of ether oxygens (including phenoxy) is 3. The van der Waals surface area contributed by atoms with E-state index in [9.17, 15) is 4.79 Å². The van der Waals surface area contributed by atoms with E-state index in [0.29, 0.717) is 23.4 Å². The van der Waals surface area contributed by atoms with E-state index in [1.165, 1.54) is 71.4 Å². The number of methoxy groups -OCH3 is 3. The molecule has 0 radical (unpaired) electrons. The molecule has 2 rings (SSSR count). The van der Waals surface area contributed by atoms with Crippen molar-refractivity contribution in [3.63, 3.8) is 0 Å². The minimum absolute atomic E-state index is 0.382. The van der Waals surface area contributed by atoms with E-state index in [0.717, 1.165) is 19.4 Å². The maximum Gasteiger partial charge on any atom is 0.145 e. The number of likely N-dealkylation sites (tertiary alicyclic amines) is 1. The molecule has 1 aromatic carbocycles. The molecule has 7 nitrogen and oxygen atoms in total. The van der Waals surface area contributed by atoms with E-state index < -0.39 is 6.10 Å². The number of benzene rings is 1. The number of carbonyl (C=O) groups is 1. The largest absolute Gasteiger partial charge is 0.499 e. The zero-order chi connectivity index (χ0) is 29.0. The number of aldehydes is 1. The van der Waals surface area contributed by atoms with Gasteiger partial charge in [0.15, 0.2) is 0 Å². The summed E-state index contributed by atoms with van der Waals surface area (Å²) in [4.78, 5) is 13.1. The molecule has 1 aliphatic heterocycles. The zero-order valence-electron chi connectivity index (χ0n) is 25.4. The van der Waals surface area contributed by atoms with Crippen molar-refractivity contribution in [1.29, 1.82) is 0 Å². The van der Waals surface area contributed by atoms with Crippen LogP contribution < -0.4 is 10.6 Å². The van der Waals surface area contributed by atoms with Gasteiger partial charge in [-0.2, -0.15) is 0 Å². The average molecular weight is 544 g/mol. The molecule has 3 unspecified atom stereocenters. The van der Waals surface area contributed by atoms with Crippen molar-refractivity contribution >= 4 is 12.4 Å². The number of nitrogens with zero attached hydrogens (tertiary/aromatic N) is 1. The highest BCUT2D eigenvalue weighted by Gasteiger charge is 2.23.